The summed E-state index contributed by atoms with van der Waals surface area (Å²) in [7, 11) is -4.78. The normalized spacial score (nSPS) is 19.1. The smallest absolute Gasteiger partial charge is 0.297 e. The van der Waals surface area contributed by atoms with Crippen LogP contribution in [0.2, 0.25) is 0 Å². The molecule has 60 heavy (non-hydrogen) atoms. The summed E-state index contributed by atoms with van der Waals surface area (Å²) in [4.78, 5) is 2.48. The van der Waals surface area contributed by atoms with Crippen molar-refractivity contribution in [2.75, 3.05) is 78.3 Å². The predicted octanol–water partition coefficient (Wildman–Crippen LogP) is 6.25. The largest absolute Gasteiger partial charge is 0.490 e. The molecule has 2 heterocycles. The van der Waals surface area contributed by atoms with Gasteiger partial charge in [-0.3, -0.25) is 4.18 Å². The minimum Gasteiger partial charge on any atom is -0.490 e. The van der Waals surface area contributed by atoms with Crippen molar-refractivity contribution in [2.24, 2.45) is 0 Å². The van der Waals surface area contributed by atoms with Crippen molar-refractivity contribution in [3.63, 3.8) is 0 Å². The number of piperidine rings is 1. The maximum atomic E-state index is 14.4. The molecule has 0 N–H and O–H groups in total. The van der Waals surface area contributed by atoms with Crippen molar-refractivity contribution in [3.8, 4) is 5.75 Å². The standard InChI is InChI=1S/C45H58N2O11S2/c1-33-7-16-39(17-8-33)59(48,49)47-28-43(56-30-35(3)58-60(50,51)40-18-9-34(2)10-19-40)45(38-14-11-36(12-15-38)31-54-26-25-53-5)44(29-47)57-32-37-13-20-42-41(27-37)46(22-24-55-42)21-6-23-52-4/h7-20,27,35,43-45H,6,21-26,28-32H2,1-5H3/t35?,43-,44+,45+/m1/s1. The molecule has 4 aromatic rings. The van der Waals surface area contributed by atoms with Crippen LogP contribution in [0.15, 0.2) is 101 Å². The second-order valence-corrected chi connectivity index (χ2v) is 18.8. The second kappa shape index (κ2) is 21.3. The highest BCUT2D eigenvalue weighted by Gasteiger charge is 2.44. The highest BCUT2D eigenvalue weighted by atomic mass is 32.2. The van der Waals surface area contributed by atoms with Gasteiger partial charge in [-0.05, 0) is 80.3 Å². The second-order valence-electron chi connectivity index (χ2n) is 15.3. The summed E-state index contributed by atoms with van der Waals surface area (Å²) < 4.78 is 97.8. The minimum atomic E-state index is -4.10. The molecule has 326 valence electrons. The summed E-state index contributed by atoms with van der Waals surface area (Å²) in [6.45, 7) is 9.63. The Morgan fingerprint density at radius 3 is 2.03 bits per heavy atom. The number of ether oxygens (including phenoxy) is 6. The van der Waals surface area contributed by atoms with Gasteiger partial charge in [0, 0.05) is 46.4 Å². The fraction of sp³-hybridized carbons (Fsp3) is 0.467. The molecule has 0 radical (unpaired) electrons. The van der Waals surface area contributed by atoms with Crippen LogP contribution in [0.5, 0.6) is 5.75 Å². The average Bonchev–Trinajstić information content (AvgIpc) is 3.24. The Morgan fingerprint density at radius 2 is 1.37 bits per heavy atom. The van der Waals surface area contributed by atoms with Crippen molar-refractivity contribution >= 4 is 25.8 Å². The highest BCUT2D eigenvalue weighted by molar-refractivity contribution is 7.89. The molecule has 15 heteroatoms. The highest BCUT2D eigenvalue weighted by Crippen LogP contribution is 2.38. The van der Waals surface area contributed by atoms with E-state index in [4.69, 9.17) is 32.6 Å². The molecular weight excluding hydrogens is 809 g/mol. The van der Waals surface area contributed by atoms with E-state index in [0.29, 0.717) is 33.0 Å². The van der Waals surface area contributed by atoms with Gasteiger partial charge in [0.25, 0.3) is 10.1 Å². The third-order valence-corrected chi connectivity index (χ3v) is 13.9. The Hall–Kier alpha value is -3.90. The van der Waals surface area contributed by atoms with E-state index in [1.807, 2.05) is 50.2 Å². The van der Waals surface area contributed by atoms with Gasteiger partial charge in [-0.25, -0.2) is 8.42 Å². The molecular formula is C45H58N2O11S2. The zero-order chi connectivity index (χ0) is 42.7. The van der Waals surface area contributed by atoms with Crippen molar-refractivity contribution in [2.45, 2.75) is 74.4 Å². The number of hydrogen-bond donors (Lipinski definition) is 0. The molecule has 13 nitrogen and oxygen atoms in total. The van der Waals surface area contributed by atoms with E-state index in [1.165, 1.54) is 16.4 Å². The van der Waals surface area contributed by atoms with Crippen LogP contribution in [0.25, 0.3) is 0 Å². The van der Waals surface area contributed by atoms with Crippen LogP contribution < -0.4 is 9.64 Å². The van der Waals surface area contributed by atoms with Crippen molar-refractivity contribution in [3.05, 3.63) is 119 Å². The van der Waals surface area contributed by atoms with Crippen LogP contribution in [0.3, 0.4) is 0 Å². The Morgan fingerprint density at radius 1 is 0.733 bits per heavy atom. The molecule has 6 rings (SSSR count). The van der Waals surface area contributed by atoms with Crippen LogP contribution in [-0.2, 0) is 61.2 Å². The van der Waals surface area contributed by atoms with Crippen LogP contribution in [0.1, 0.15) is 47.1 Å². The number of fused-ring (bicyclic) bond motifs is 1. The van der Waals surface area contributed by atoms with Gasteiger partial charge in [0.2, 0.25) is 10.0 Å². The van der Waals surface area contributed by atoms with Crippen LogP contribution in [0, 0.1) is 13.8 Å². The Bertz CT molecular complexity index is 2190. The van der Waals surface area contributed by atoms with E-state index in [9.17, 15) is 16.8 Å². The molecule has 1 fully saturated rings. The predicted molar refractivity (Wildman–Crippen MR) is 229 cm³/mol. The van der Waals surface area contributed by atoms with E-state index in [0.717, 1.165) is 58.8 Å². The number of methoxy groups -OCH3 is 2. The zero-order valence-corrected chi connectivity index (χ0v) is 36.8. The third-order valence-electron chi connectivity index (χ3n) is 10.7. The molecule has 0 spiro atoms. The van der Waals surface area contributed by atoms with Crippen molar-refractivity contribution in [1.82, 2.24) is 4.31 Å². The van der Waals surface area contributed by atoms with Gasteiger partial charge in [-0.1, -0.05) is 65.7 Å². The molecule has 4 aromatic carbocycles. The van der Waals surface area contributed by atoms with Gasteiger partial charge < -0.3 is 33.3 Å². The van der Waals surface area contributed by atoms with E-state index in [-0.39, 0.29) is 36.1 Å². The maximum Gasteiger partial charge on any atom is 0.297 e. The van der Waals surface area contributed by atoms with Gasteiger partial charge in [-0.15, -0.1) is 0 Å². The molecule has 0 saturated carbocycles. The van der Waals surface area contributed by atoms with Gasteiger partial charge in [0.15, 0.2) is 0 Å². The van der Waals surface area contributed by atoms with Gasteiger partial charge in [0.1, 0.15) is 12.4 Å². The van der Waals surface area contributed by atoms with E-state index in [1.54, 1.807) is 57.5 Å². The molecule has 0 aromatic heterocycles. The number of nitrogens with zero attached hydrogens (tertiary/aromatic N) is 2. The quantitative estimate of drug-likeness (QED) is 0.0691. The van der Waals surface area contributed by atoms with E-state index >= 15 is 0 Å². The van der Waals surface area contributed by atoms with Gasteiger partial charge >= 0.3 is 0 Å². The molecule has 0 amide bonds. The first-order valence-corrected chi connectivity index (χ1v) is 23.2. The molecule has 0 bridgehead atoms. The molecule has 1 unspecified atom stereocenters. The first-order chi connectivity index (χ1) is 28.9. The Labute approximate surface area is 355 Å². The molecule has 0 aliphatic carbocycles. The van der Waals surface area contributed by atoms with Crippen LogP contribution in [0.4, 0.5) is 5.69 Å². The average molecular weight is 867 g/mol. The summed E-state index contributed by atoms with van der Waals surface area (Å²) >= 11 is 0. The first kappa shape index (κ1) is 45.6. The summed E-state index contributed by atoms with van der Waals surface area (Å²) in [5.41, 5.74) is 5.56. The first-order valence-electron chi connectivity index (χ1n) is 20.3. The fourth-order valence-corrected chi connectivity index (χ4v) is 9.95. The molecule has 2 aliphatic heterocycles. The van der Waals surface area contributed by atoms with Gasteiger partial charge in [0.05, 0.1) is 73.4 Å². The number of hydrogen-bond acceptors (Lipinski definition) is 12. The minimum absolute atomic E-state index is 0.00727. The van der Waals surface area contributed by atoms with Crippen molar-refractivity contribution in [1.29, 1.82) is 0 Å². The summed E-state index contributed by atoms with van der Waals surface area (Å²) in [5, 5.41) is 0. The van der Waals surface area contributed by atoms with E-state index in [2.05, 4.69) is 11.0 Å². The van der Waals surface area contributed by atoms with Gasteiger partial charge in [-0.2, -0.15) is 12.7 Å². The third kappa shape index (κ3) is 11.9. The number of anilines is 1. The lowest BCUT2D eigenvalue weighted by atomic mass is 9.85. The van der Waals surface area contributed by atoms with E-state index < -0.39 is 44.4 Å². The molecule has 2 aliphatic rings. The number of benzene rings is 4. The van der Waals surface area contributed by atoms with Crippen LogP contribution in [-0.4, -0.2) is 113 Å². The zero-order valence-electron chi connectivity index (χ0n) is 35.2. The number of sulfonamides is 1. The topological polar surface area (TPSA) is 139 Å². The SMILES string of the molecule is COCCCN1CCOc2ccc(CO[C@H]3CN(S(=O)(=O)c4ccc(C)cc4)C[C@@H](OCC(C)OS(=O)(=O)c4ccc(C)cc4)[C@@H]3c3ccc(COCCOC)cc3)cc21. The van der Waals surface area contributed by atoms with Crippen molar-refractivity contribution < 1.29 is 49.4 Å². The molecule has 4 atom stereocenters. The lowest BCUT2D eigenvalue weighted by Gasteiger charge is -2.43. The fourth-order valence-electron chi connectivity index (χ4n) is 7.42. The monoisotopic (exact) mass is 866 g/mol. The number of rotatable bonds is 21. The Balaban J connectivity index is 1.31. The lowest BCUT2D eigenvalue weighted by molar-refractivity contribution is -0.0890. The lowest BCUT2D eigenvalue weighted by Crippen LogP contribution is -2.54. The van der Waals surface area contributed by atoms with Crippen LogP contribution >= 0.6 is 0 Å². The Kier molecular flexibility index (Phi) is 16.2. The summed E-state index contributed by atoms with van der Waals surface area (Å²) in [6, 6.07) is 27.1. The summed E-state index contributed by atoms with van der Waals surface area (Å²) in [6.07, 6.45) is -1.46. The number of aryl methyl sites for hydroxylation is 2. The molecule has 1 saturated heterocycles. The summed E-state index contributed by atoms with van der Waals surface area (Å²) in [5.74, 6) is 0.346. The maximum absolute atomic E-state index is 14.4.